The Morgan fingerprint density at radius 3 is 2.00 bits per heavy atom. The second kappa shape index (κ2) is 10.7. The number of hydrogen-bond acceptors (Lipinski definition) is 2. The first kappa shape index (κ1) is 24.5. The molecule has 1 aromatic carbocycles. The van der Waals surface area contributed by atoms with Crippen molar-refractivity contribution in [3.05, 3.63) is 29.3 Å². The molecule has 2 nitrogen and oxygen atoms in total. The highest BCUT2D eigenvalue weighted by molar-refractivity contribution is 5.75. The van der Waals surface area contributed by atoms with Crippen LogP contribution in [0.2, 0.25) is 0 Å². The summed E-state index contributed by atoms with van der Waals surface area (Å²) in [7, 11) is 0. The molecule has 32 heavy (non-hydrogen) atoms. The van der Waals surface area contributed by atoms with Crippen molar-refractivity contribution in [2.45, 2.75) is 77.3 Å². The quantitative estimate of drug-likeness (QED) is 0.203. The average Bonchev–Trinajstić information content (AvgIpc) is 2.73. The third-order valence-electron chi connectivity index (χ3n) is 6.92. The van der Waals surface area contributed by atoms with Gasteiger partial charge in [-0.3, -0.25) is 4.79 Å². The van der Waals surface area contributed by atoms with E-state index < -0.39 is 29.3 Å². The number of benzene rings is 1. The van der Waals surface area contributed by atoms with Crippen molar-refractivity contribution in [3.8, 4) is 17.6 Å². The minimum absolute atomic E-state index is 0.335. The van der Waals surface area contributed by atoms with Crippen molar-refractivity contribution >= 4 is 5.97 Å². The molecule has 2 fully saturated rings. The van der Waals surface area contributed by atoms with Crippen LogP contribution < -0.4 is 4.74 Å². The molecule has 3 rings (SSSR count). The normalized spacial score (nSPS) is 26.2. The van der Waals surface area contributed by atoms with Gasteiger partial charge in [-0.2, -0.15) is 13.2 Å². The van der Waals surface area contributed by atoms with E-state index in [0.29, 0.717) is 36.8 Å². The summed E-state index contributed by atoms with van der Waals surface area (Å²) in [6.45, 7) is 2.23. The molecule has 0 bridgehead atoms. The van der Waals surface area contributed by atoms with Gasteiger partial charge in [0.15, 0.2) is 0 Å². The number of halogens is 5. The van der Waals surface area contributed by atoms with E-state index in [2.05, 4.69) is 6.92 Å². The topological polar surface area (TPSA) is 26.3 Å². The minimum Gasteiger partial charge on any atom is -0.426 e. The van der Waals surface area contributed by atoms with Gasteiger partial charge in [0.05, 0.1) is 11.5 Å². The van der Waals surface area contributed by atoms with E-state index in [1.165, 1.54) is 44.4 Å². The van der Waals surface area contributed by atoms with Gasteiger partial charge >= 0.3 is 12.1 Å². The first-order chi connectivity index (χ1) is 15.2. The molecule has 0 unspecified atom stereocenters. The van der Waals surface area contributed by atoms with Crippen LogP contribution >= 0.6 is 0 Å². The summed E-state index contributed by atoms with van der Waals surface area (Å²) in [5, 5.41) is 0. The number of rotatable bonds is 5. The third kappa shape index (κ3) is 6.70. The Kier molecular flexibility index (Phi) is 8.19. The number of esters is 1. The monoisotopic (exact) mass is 456 g/mol. The predicted octanol–water partition coefficient (Wildman–Crippen LogP) is 7.20. The zero-order valence-electron chi connectivity index (χ0n) is 18.2. The van der Waals surface area contributed by atoms with Gasteiger partial charge in [0.1, 0.15) is 17.4 Å². The third-order valence-corrected chi connectivity index (χ3v) is 6.92. The molecular weight excluding hydrogens is 427 g/mol. The van der Waals surface area contributed by atoms with Crippen LogP contribution in [-0.4, -0.2) is 12.1 Å². The predicted molar refractivity (Wildman–Crippen MR) is 111 cm³/mol. The van der Waals surface area contributed by atoms with Gasteiger partial charge in [-0.25, -0.2) is 8.78 Å². The summed E-state index contributed by atoms with van der Waals surface area (Å²) in [5.74, 6) is 0.617. The van der Waals surface area contributed by atoms with Gasteiger partial charge < -0.3 is 4.74 Å². The van der Waals surface area contributed by atoms with E-state index in [1.807, 2.05) is 0 Å². The van der Waals surface area contributed by atoms with Gasteiger partial charge in [-0.1, -0.05) is 38.5 Å². The largest absolute Gasteiger partial charge is 0.458 e. The van der Waals surface area contributed by atoms with Crippen LogP contribution in [0.25, 0.3) is 0 Å². The standard InChI is InChI=1S/C25H29F5O2/c1-2-3-16-4-6-17(7-5-16)18-8-10-19(11-9-18)24(31)32-20-14-22(26)21(23(27)15-20)12-13-25(28,29)30/h14-19H,2-11H2,1H3. The van der Waals surface area contributed by atoms with Gasteiger partial charge in [0.25, 0.3) is 0 Å². The van der Waals surface area contributed by atoms with Crippen molar-refractivity contribution in [2.75, 3.05) is 0 Å². The number of carbonyl (C=O) groups excluding carboxylic acids is 1. The molecule has 176 valence electrons. The zero-order chi connectivity index (χ0) is 23.3. The summed E-state index contributed by atoms with van der Waals surface area (Å²) in [6, 6.07) is 1.39. The molecule has 2 aliphatic carbocycles. The van der Waals surface area contributed by atoms with E-state index >= 15 is 0 Å². The molecule has 0 amide bonds. The number of ether oxygens (including phenoxy) is 1. The Hall–Kier alpha value is -2.10. The summed E-state index contributed by atoms with van der Waals surface area (Å²) >= 11 is 0. The van der Waals surface area contributed by atoms with Gasteiger partial charge in [0, 0.05) is 18.1 Å². The molecule has 2 aliphatic rings. The molecule has 0 atom stereocenters. The maximum atomic E-state index is 14.0. The highest BCUT2D eigenvalue weighted by Gasteiger charge is 2.33. The van der Waals surface area contributed by atoms with Crippen molar-refractivity contribution in [2.24, 2.45) is 23.7 Å². The minimum atomic E-state index is -4.86. The van der Waals surface area contributed by atoms with Crippen molar-refractivity contribution in [1.82, 2.24) is 0 Å². The highest BCUT2D eigenvalue weighted by Crippen LogP contribution is 2.42. The Bertz CT molecular complexity index is 828. The first-order valence-corrected chi connectivity index (χ1v) is 11.5. The fourth-order valence-corrected chi connectivity index (χ4v) is 5.24. The molecule has 0 heterocycles. The Morgan fingerprint density at radius 1 is 0.969 bits per heavy atom. The molecule has 0 N–H and O–H groups in total. The van der Waals surface area contributed by atoms with E-state index in [-0.39, 0.29) is 11.7 Å². The maximum absolute atomic E-state index is 14.0. The molecule has 0 radical (unpaired) electrons. The van der Waals surface area contributed by atoms with Gasteiger partial charge in [-0.15, -0.1) is 0 Å². The van der Waals surface area contributed by atoms with Crippen LogP contribution in [0, 0.1) is 47.1 Å². The first-order valence-electron chi connectivity index (χ1n) is 11.5. The van der Waals surface area contributed by atoms with Crippen LogP contribution in [0.3, 0.4) is 0 Å². The highest BCUT2D eigenvalue weighted by atomic mass is 19.4. The Labute approximate surface area is 185 Å². The van der Waals surface area contributed by atoms with Crippen molar-refractivity contribution < 1.29 is 31.5 Å². The van der Waals surface area contributed by atoms with Crippen LogP contribution in [0.15, 0.2) is 12.1 Å². The van der Waals surface area contributed by atoms with Gasteiger partial charge in [0.2, 0.25) is 0 Å². The maximum Gasteiger partial charge on any atom is 0.458 e. The van der Waals surface area contributed by atoms with Crippen molar-refractivity contribution in [1.29, 1.82) is 0 Å². The number of hydrogen-bond donors (Lipinski definition) is 0. The van der Waals surface area contributed by atoms with E-state index in [1.54, 1.807) is 0 Å². The van der Waals surface area contributed by atoms with E-state index in [4.69, 9.17) is 4.74 Å². The van der Waals surface area contributed by atoms with Gasteiger partial charge in [-0.05, 0) is 56.3 Å². The smallest absolute Gasteiger partial charge is 0.426 e. The molecule has 0 aromatic heterocycles. The SMILES string of the molecule is CCCC1CCC(C2CCC(C(=O)Oc3cc(F)c(C#CC(F)(F)F)c(F)c3)CC2)CC1. The lowest BCUT2D eigenvalue weighted by Gasteiger charge is -2.37. The lowest BCUT2D eigenvalue weighted by atomic mass is 9.69. The lowest BCUT2D eigenvalue weighted by molar-refractivity contribution is -0.140. The molecule has 2 saturated carbocycles. The summed E-state index contributed by atoms with van der Waals surface area (Å²) in [4.78, 5) is 12.5. The molecule has 0 saturated heterocycles. The summed E-state index contributed by atoms with van der Waals surface area (Å²) < 4.78 is 69.7. The second-order valence-electron chi connectivity index (χ2n) is 9.11. The molecule has 0 aliphatic heterocycles. The Morgan fingerprint density at radius 2 is 1.50 bits per heavy atom. The lowest BCUT2D eigenvalue weighted by Crippen LogP contribution is -2.30. The average molecular weight is 456 g/mol. The molecule has 0 spiro atoms. The van der Waals surface area contributed by atoms with Crippen LogP contribution in [0.1, 0.15) is 76.7 Å². The summed E-state index contributed by atoms with van der Waals surface area (Å²) in [5.41, 5.74) is -1.00. The van der Waals surface area contributed by atoms with Crippen LogP contribution in [0.5, 0.6) is 5.75 Å². The molecule has 7 heteroatoms. The van der Waals surface area contributed by atoms with Crippen LogP contribution in [-0.2, 0) is 4.79 Å². The number of alkyl halides is 3. The zero-order valence-corrected chi connectivity index (χ0v) is 18.2. The molecular formula is C25H29F5O2. The Balaban J connectivity index is 1.52. The summed E-state index contributed by atoms with van der Waals surface area (Å²) in [6.07, 6.45) is 6.02. The second-order valence-corrected chi connectivity index (χ2v) is 9.11. The number of carbonyl (C=O) groups is 1. The van der Waals surface area contributed by atoms with E-state index in [0.717, 1.165) is 24.7 Å². The van der Waals surface area contributed by atoms with E-state index in [9.17, 15) is 26.7 Å². The fourth-order valence-electron chi connectivity index (χ4n) is 5.24. The molecule has 1 aromatic rings. The van der Waals surface area contributed by atoms with Crippen molar-refractivity contribution in [3.63, 3.8) is 0 Å². The van der Waals surface area contributed by atoms with Crippen LogP contribution in [0.4, 0.5) is 22.0 Å². The fraction of sp³-hybridized carbons (Fsp3) is 0.640.